The van der Waals surface area contributed by atoms with E-state index < -0.39 is 0 Å². The summed E-state index contributed by atoms with van der Waals surface area (Å²) in [4.78, 5) is 11.7. The number of aromatic nitrogens is 2. The summed E-state index contributed by atoms with van der Waals surface area (Å²) in [5.41, 5.74) is 7.59. The van der Waals surface area contributed by atoms with Crippen molar-refractivity contribution >= 4 is 15.9 Å². The van der Waals surface area contributed by atoms with Crippen molar-refractivity contribution in [1.82, 2.24) is 10.2 Å². The molecule has 0 saturated heterocycles. The van der Waals surface area contributed by atoms with Crippen molar-refractivity contribution in [2.24, 2.45) is 5.73 Å². The Morgan fingerprint density at radius 3 is 2.83 bits per heavy atom. The second-order valence-electron chi connectivity index (χ2n) is 3.82. The summed E-state index contributed by atoms with van der Waals surface area (Å²) in [6.45, 7) is 0.421. The average Bonchev–Trinajstić information content (AvgIpc) is 2.72. The van der Waals surface area contributed by atoms with E-state index in [1.807, 2.05) is 18.2 Å². The number of H-pyrrole nitrogens is 2. The highest BCUT2D eigenvalue weighted by Gasteiger charge is 2.15. The van der Waals surface area contributed by atoms with Gasteiger partial charge in [-0.25, -0.2) is 0 Å². The fourth-order valence-corrected chi connectivity index (χ4v) is 2.23. The van der Waals surface area contributed by atoms with E-state index in [1.165, 1.54) is 0 Å². The molecule has 0 bridgehead atoms. The molecule has 0 atom stereocenters. The van der Waals surface area contributed by atoms with Gasteiger partial charge in [0.05, 0.1) is 12.8 Å². The first-order valence-electron chi connectivity index (χ1n) is 5.51. The van der Waals surface area contributed by atoms with Crippen LogP contribution in [0.4, 0.5) is 0 Å². The Balaban J connectivity index is 2.61. The van der Waals surface area contributed by atoms with E-state index in [0.717, 1.165) is 15.7 Å². The summed E-state index contributed by atoms with van der Waals surface area (Å²) in [5, 5.41) is 5.47. The third-order valence-corrected chi connectivity index (χ3v) is 3.20. The molecule has 0 radical (unpaired) electrons. The van der Waals surface area contributed by atoms with Crippen molar-refractivity contribution in [3.8, 4) is 17.0 Å². The Hall–Kier alpha value is -1.53. The van der Waals surface area contributed by atoms with Crippen molar-refractivity contribution in [3.63, 3.8) is 0 Å². The molecule has 6 heteroatoms. The van der Waals surface area contributed by atoms with Gasteiger partial charge in [0.25, 0.3) is 5.56 Å². The van der Waals surface area contributed by atoms with Crippen LogP contribution in [0.1, 0.15) is 5.56 Å². The molecule has 0 spiro atoms. The Labute approximate surface area is 112 Å². The molecule has 5 nitrogen and oxygen atoms in total. The largest absolute Gasteiger partial charge is 0.496 e. The molecule has 2 rings (SSSR count). The van der Waals surface area contributed by atoms with E-state index in [4.69, 9.17) is 10.5 Å². The minimum Gasteiger partial charge on any atom is -0.496 e. The SMILES string of the molecule is COc1ccc(Br)cc1-c1[nH][nH]c(=O)c1CCN. The van der Waals surface area contributed by atoms with Gasteiger partial charge < -0.3 is 10.5 Å². The third kappa shape index (κ3) is 2.34. The zero-order valence-electron chi connectivity index (χ0n) is 9.92. The molecule has 1 aromatic heterocycles. The molecule has 96 valence electrons. The predicted octanol–water partition coefficient (Wildman–Crippen LogP) is 1.64. The third-order valence-electron chi connectivity index (χ3n) is 2.70. The van der Waals surface area contributed by atoms with Crippen molar-refractivity contribution in [2.75, 3.05) is 13.7 Å². The van der Waals surface area contributed by atoms with Crippen LogP contribution in [-0.4, -0.2) is 23.9 Å². The standard InChI is InChI=1S/C12H14BrN3O2/c1-18-10-3-2-7(13)6-9(10)11-8(4-5-14)12(17)16-15-11/h2-3,6H,4-5,14H2,1H3,(H2,15,16,17). The quantitative estimate of drug-likeness (QED) is 0.802. The first-order chi connectivity index (χ1) is 8.67. The second-order valence-corrected chi connectivity index (χ2v) is 4.73. The molecule has 1 heterocycles. The molecule has 18 heavy (non-hydrogen) atoms. The molecule has 0 saturated carbocycles. The van der Waals surface area contributed by atoms with Gasteiger partial charge in [0.15, 0.2) is 0 Å². The number of ether oxygens (including phenoxy) is 1. The van der Waals surface area contributed by atoms with Crippen molar-refractivity contribution in [1.29, 1.82) is 0 Å². The maximum atomic E-state index is 11.7. The number of nitrogens with two attached hydrogens (primary N) is 1. The van der Waals surface area contributed by atoms with E-state index in [0.29, 0.717) is 24.3 Å². The molecule has 1 aromatic carbocycles. The van der Waals surface area contributed by atoms with Gasteiger partial charge in [-0.15, -0.1) is 0 Å². The summed E-state index contributed by atoms with van der Waals surface area (Å²) in [6.07, 6.45) is 0.518. The number of nitrogens with one attached hydrogen (secondary N) is 2. The Kier molecular flexibility index (Phi) is 3.88. The van der Waals surface area contributed by atoms with Crippen molar-refractivity contribution in [3.05, 3.63) is 38.6 Å². The highest BCUT2D eigenvalue weighted by Crippen LogP contribution is 2.32. The summed E-state index contributed by atoms with van der Waals surface area (Å²) < 4.78 is 6.22. The van der Waals surface area contributed by atoms with Gasteiger partial charge in [0.1, 0.15) is 5.75 Å². The molecule has 0 amide bonds. The Morgan fingerprint density at radius 2 is 2.17 bits per heavy atom. The minimum atomic E-state index is -0.141. The molecule has 0 unspecified atom stereocenters. The lowest BCUT2D eigenvalue weighted by atomic mass is 10.0. The topological polar surface area (TPSA) is 83.9 Å². The number of aromatic amines is 2. The molecule has 2 aromatic rings. The maximum absolute atomic E-state index is 11.7. The van der Waals surface area contributed by atoms with E-state index in [1.54, 1.807) is 7.11 Å². The number of benzene rings is 1. The molecular weight excluding hydrogens is 298 g/mol. The summed E-state index contributed by atoms with van der Waals surface area (Å²) in [5.74, 6) is 0.701. The van der Waals surface area contributed by atoms with Gasteiger partial charge >= 0.3 is 0 Å². The Bertz CT molecular complexity index is 604. The van der Waals surface area contributed by atoms with Crippen LogP contribution in [-0.2, 0) is 6.42 Å². The molecule has 0 aliphatic carbocycles. The van der Waals surface area contributed by atoms with Crippen LogP contribution in [0.2, 0.25) is 0 Å². The van der Waals surface area contributed by atoms with Gasteiger partial charge in [-0.05, 0) is 31.2 Å². The van der Waals surface area contributed by atoms with Gasteiger partial charge in [-0.2, -0.15) is 0 Å². The van der Waals surface area contributed by atoms with Crippen LogP contribution < -0.4 is 16.0 Å². The average molecular weight is 312 g/mol. The van der Waals surface area contributed by atoms with Crippen LogP contribution in [0.5, 0.6) is 5.75 Å². The van der Waals surface area contributed by atoms with Crippen LogP contribution in [0.25, 0.3) is 11.3 Å². The lowest BCUT2D eigenvalue weighted by Gasteiger charge is -2.08. The zero-order chi connectivity index (χ0) is 13.1. The van der Waals surface area contributed by atoms with Crippen LogP contribution in [0.3, 0.4) is 0 Å². The van der Waals surface area contributed by atoms with Crippen LogP contribution >= 0.6 is 15.9 Å². The number of hydrogen-bond donors (Lipinski definition) is 3. The molecular formula is C12H14BrN3O2. The highest BCUT2D eigenvalue weighted by molar-refractivity contribution is 9.10. The lowest BCUT2D eigenvalue weighted by Crippen LogP contribution is -2.12. The normalized spacial score (nSPS) is 10.6. The number of methoxy groups -OCH3 is 1. The summed E-state index contributed by atoms with van der Waals surface area (Å²) in [6, 6.07) is 5.63. The molecule has 4 N–H and O–H groups in total. The number of halogens is 1. The van der Waals surface area contributed by atoms with E-state index >= 15 is 0 Å². The molecule has 0 fully saturated rings. The van der Waals surface area contributed by atoms with E-state index in [-0.39, 0.29) is 5.56 Å². The highest BCUT2D eigenvalue weighted by atomic mass is 79.9. The van der Waals surface area contributed by atoms with Crippen LogP contribution in [0.15, 0.2) is 27.5 Å². The smallest absolute Gasteiger partial charge is 0.267 e. The Morgan fingerprint density at radius 1 is 1.39 bits per heavy atom. The fourth-order valence-electron chi connectivity index (χ4n) is 1.87. The fraction of sp³-hybridized carbons (Fsp3) is 0.250. The van der Waals surface area contributed by atoms with Gasteiger partial charge in [-0.1, -0.05) is 15.9 Å². The van der Waals surface area contributed by atoms with Gasteiger partial charge in [0.2, 0.25) is 0 Å². The van der Waals surface area contributed by atoms with Crippen molar-refractivity contribution < 1.29 is 4.74 Å². The number of hydrogen-bond acceptors (Lipinski definition) is 3. The minimum absolute atomic E-state index is 0.141. The number of rotatable bonds is 4. The molecule has 0 aliphatic heterocycles. The van der Waals surface area contributed by atoms with Gasteiger partial charge in [-0.3, -0.25) is 15.0 Å². The summed E-state index contributed by atoms with van der Waals surface area (Å²) >= 11 is 3.41. The zero-order valence-corrected chi connectivity index (χ0v) is 11.5. The van der Waals surface area contributed by atoms with E-state index in [9.17, 15) is 4.79 Å². The first-order valence-corrected chi connectivity index (χ1v) is 6.30. The van der Waals surface area contributed by atoms with Crippen LogP contribution in [0, 0.1) is 0 Å². The van der Waals surface area contributed by atoms with Crippen molar-refractivity contribution in [2.45, 2.75) is 6.42 Å². The molecule has 0 aliphatic rings. The van der Waals surface area contributed by atoms with E-state index in [2.05, 4.69) is 26.1 Å². The monoisotopic (exact) mass is 311 g/mol. The summed E-state index contributed by atoms with van der Waals surface area (Å²) in [7, 11) is 1.60. The maximum Gasteiger partial charge on any atom is 0.267 e. The van der Waals surface area contributed by atoms with Gasteiger partial charge in [0, 0.05) is 15.6 Å². The predicted molar refractivity (Wildman–Crippen MR) is 73.9 cm³/mol. The first kappa shape index (κ1) is 12.9. The second kappa shape index (κ2) is 5.41. The lowest BCUT2D eigenvalue weighted by molar-refractivity contribution is 0.416.